The second-order valence-corrected chi connectivity index (χ2v) is 13.2. The van der Waals surface area contributed by atoms with Crippen molar-refractivity contribution in [3.63, 3.8) is 0 Å². The van der Waals surface area contributed by atoms with Gasteiger partial charge in [-0.05, 0) is 86.4 Å². The minimum atomic E-state index is -0.782. The van der Waals surface area contributed by atoms with Crippen molar-refractivity contribution in [2.75, 3.05) is 0 Å². The summed E-state index contributed by atoms with van der Waals surface area (Å²) in [6.07, 6.45) is 9.16. The quantitative estimate of drug-likeness (QED) is 0.538. The summed E-state index contributed by atoms with van der Waals surface area (Å²) >= 11 is 4.74. The summed E-state index contributed by atoms with van der Waals surface area (Å²) in [7, 11) is 0. The Hall–Kier alpha value is -0.840. The molecule has 4 nitrogen and oxygen atoms in total. The van der Waals surface area contributed by atoms with E-state index >= 15 is 0 Å². The number of carboxylic acids is 1. The molecule has 4 aliphatic rings. The Balaban J connectivity index is 1.51. The van der Waals surface area contributed by atoms with Gasteiger partial charge < -0.3 is 5.11 Å². The number of carbonyl (C=O) groups is 3. The maximum Gasteiger partial charge on any atom is 0.307 e. The van der Waals surface area contributed by atoms with E-state index in [1.54, 1.807) is 6.92 Å². The fraction of sp³-hybridized carbons (Fsp3) is 0.885. The monoisotopic (exact) mass is 448 g/mol. The molecular weight excluding hydrogens is 408 g/mol. The van der Waals surface area contributed by atoms with E-state index in [9.17, 15) is 19.5 Å². The molecule has 174 valence electrons. The average molecular weight is 449 g/mol. The number of thiol groups is 1. The number of fused-ring (bicyclic) bond motifs is 5. The van der Waals surface area contributed by atoms with E-state index < -0.39 is 16.6 Å². The molecule has 0 saturated heterocycles. The number of rotatable bonds is 5. The van der Waals surface area contributed by atoms with Crippen LogP contribution < -0.4 is 0 Å². The second-order valence-electron chi connectivity index (χ2n) is 12.1. The first-order valence-electron chi connectivity index (χ1n) is 12.4. The normalized spacial score (nSPS) is 45.3. The molecule has 4 saturated carbocycles. The van der Waals surface area contributed by atoms with E-state index in [0.717, 1.165) is 44.9 Å². The fourth-order valence-corrected chi connectivity index (χ4v) is 8.50. The highest BCUT2D eigenvalue weighted by Gasteiger charge is 2.62. The van der Waals surface area contributed by atoms with Gasteiger partial charge in [0.25, 0.3) is 0 Å². The van der Waals surface area contributed by atoms with Crippen LogP contribution in [0, 0.1) is 46.3 Å². The Morgan fingerprint density at radius 2 is 1.81 bits per heavy atom. The van der Waals surface area contributed by atoms with Gasteiger partial charge in [0, 0.05) is 29.9 Å². The molecule has 0 amide bonds. The van der Waals surface area contributed by atoms with Crippen LogP contribution in [0.3, 0.4) is 0 Å². The lowest BCUT2D eigenvalue weighted by atomic mass is 9.44. The maximum absolute atomic E-state index is 13.4. The third kappa shape index (κ3) is 3.71. The lowest BCUT2D eigenvalue weighted by Gasteiger charge is -2.59. The summed E-state index contributed by atoms with van der Waals surface area (Å²) in [6.45, 7) is 8.50. The van der Waals surface area contributed by atoms with Crippen LogP contribution in [0.5, 0.6) is 0 Å². The summed E-state index contributed by atoms with van der Waals surface area (Å²) in [5.74, 6) is 1.35. The number of aliphatic carboxylic acids is 1. The molecule has 4 fully saturated rings. The molecule has 0 aliphatic heterocycles. The standard InChI is InChI=1S/C26H40O4S/c1-15(23(29)30)26(4,31)12-7-16-5-6-19-22-20(9-11-24(16,19)2)25(3)10-8-18(27)13-17(25)14-21(22)28/h15-17,19-20,22,31H,5-14H2,1-4H3,(H,29,30). The molecule has 31 heavy (non-hydrogen) atoms. The van der Waals surface area contributed by atoms with Gasteiger partial charge in [0.15, 0.2) is 0 Å². The first-order valence-corrected chi connectivity index (χ1v) is 12.8. The molecule has 4 rings (SSSR count). The molecule has 0 aromatic carbocycles. The van der Waals surface area contributed by atoms with Crippen LogP contribution in [0.25, 0.3) is 0 Å². The Kier molecular flexibility index (Phi) is 5.93. The Labute approximate surface area is 192 Å². The molecule has 0 heterocycles. The third-order valence-electron chi connectivity index (χ3n) is 10.8. The summed E-state index contributed by atoms with van der Waals surface area (Å²) < 4.78 is -0.520. The zero-order valence-electron chi connectivity index (χ0n) is 19.7. The summed E-state index contributed by atoms with van der Waals surface area (Å²) in [5, 5.41) is 9.43. The van der Waals surface area contributed by atoms with Gasteiger partial charge in [-0.2, -0.15) is 12.6 Å². The van der Waals surface area contributed by atoms with Crippen molar-refractivity contribution in [3.05, 3.63) is 0 Å². The third-order valence-corrected chi connectivity index (χ3v) is 11.4. The van der Waals surface area contributed by atoms with E-state index in [4.69, 9.17) is 12.6 Å². The van der Waals surface area contributed by atoms with Crippen LogP contribution in [0.1, 0.15) is 91.9 Å². The lowest BCUT2D eigenvalue weighted by Crippen LogP contribution is -2.57. The molecule has 9 unspecified atom stereocenters. The van der Waals surface area contributed by atoms with E-state index in [-0.39, 0.29) is 22.7 Å². The van der Waals surface area contributed by atoms with Gasteiger partial charge in [0.1, 0.15) is 11.6 Å². The molecule has 5 heteroatoms. The number of hydrogen-bond acceptors (Lipinski definition) is 4. The fourth-order valence-electron chi connectivity index (χ4n) is 8.26. The number of ketones is 2. The van der Waals surface area contributed by atoms with E-state index in [2.05, 4.69) is 13.8 Å². The van der Waals surface area contributed by atoms with Crippen molar-refractivity contribution in [1.29, 1.82) is 0 Å². The highest BCUT2D eigenvalue weighted by Crippen LogP contribution is 2.67. The zero-order chi connectivity index (χ0) is 22.8. The Morgan fingerprint density at radius 1 is 1.13 bits per heavy atom. The van der Waals surface area contributed by atoms with Gasteiger partial charge in [-0.1, -0.05) is 20.8 Å². The minimum absolute atomic E-state index is 0.145. The molecule has 0 radical (unpaired) electrons. The average Bonchev–Trinajstić information content (AvgIpc) is 3.03. The molecule has 0 spiro atoms. The number of hydrogen-bond donors (Lipinski definition) is 2. The van der Waals surface area contributed by atoms with Crippen molar-refractivity contribution in [2.24, 2.45) is 46.3 Å². The van der Waals surface area contributed by atoms with Gasteiger partial charge in [-0.15, -0.1) is 0 Å². The number of carboxylic acid groups (broad SMARTS) is 1. The second kappa shape index (κ2) is 7.88. The van der Waals surface area contributed by atoms with Gasteiger partial charge in [0.2, 0.25) is 0 Å². The first-order chi connectivity index (χ1) is 14.4. The van der Waals surface area contributed by atoms with Crippen molar-refractivity contribution in [3.8, 4) is 0 Å². The van der Waals surface area contributed by atoms with Crippen molar-refractivity contribution >= 4 is 30.2 Å². The Morgan fingerprint density at radius 3 is 2.48 bits per heavy atom. The van der Waals surface area contributed by atoms with E-state index in [0.29, 0.717) is 48.6 Å². The van der Waals surface area contributed by atoms with E-state index in [1.165, 1.54) is 0 Å². The predicted molar refractivity (Wildman–Crippen MR) is 124 cm³/mol. The topological polar surface area (TPSA) is 71.4 Å². The van der Waals surface area contributed by atoms with Crippen molar-refractivity contribution < 1.29 is 19.5 Å². The molecule has 0 aromatic heterocycles. The number of carbonyl (C=O) groups excluding carboxylic acids is 2. The van der Waals surface area contributed by atoms with Gasteiger partial charge >= 0.3 is 5.97 Å². The van der Waals surface area contributed by atoms with Gasteiger partial charge in [-0.25, -0.2) is 0 Å². The van der Waals surface area contributed by atoms with Gasteiger partial charge in [0.05, 0.1) is 5.92 Å². The first kappa shape index (κ1) is 23.3. The van der Waals surface area contributed by atoms with Crippen LogP contribution in [-0.2, 0) is 14.4 Å². The predicted octanol–water partition coefficient (Wildman–Crippen LogP) is 5.58. The zero-order valence-corrected chi connectivity index (χ0v) is 20.5. The summed E-state index contributed by atoms with van der Waals surface area (Å²) in [4.78, 5) is 37.0. The highest BCUT2D eigenvalue weighted by molar-refractivity contribution is 7.81. The van der Waals surface area contributed by atoms with Crippen molar-refractivity contribution in [1.82, 2.24) is 0 Å². The maximum atomic E-state index is 13.4. The summed E-state index contributed by atoms with van der Waals surface area (Å²) in [5.41, 5.74) is 0.313. The molecule has 0 bridgehead atoms. The van der Waals surface area contributed by atoms with Gasteiger partial charge in [-0.3, -0.25) is 14.4 Å². The smallest absolute Gasteiger partial charge is 0.307 e. The Bertz CT molecular complexity index is 775. The minimum Gasteiger partial charge on any atom is -0.481 e. The van der Waals surface area contributed by atoms with Crippen LogP contribution in [-0.4, -0.2) is 27.4 Å². The molecule has 4 aliphatic carbocycles. The van der Waals surface area contributed by atoms with Crippen LogP contribution in [0.15, 0.2) is 0 Å². The van der Waals surface area contributed by atoms with Crippen LogP contribution in [0.4, 0.5) is 0 Å². The molecule has 9 atom stereocenters. The van der Waals surface area contributed by atoms with Crippen LogP contribution in [0.2, 0.25) is 0 Å². The number of Topliss-reactive ketones (excluding diaryl/α,β-unsaturated/α-hetero) is 2. The lowest BCUT2D eigenvalue weighted by molar-refractivity contribution is -0.158. The van der Waals surface area contributed by atoms with E-state index in [1.807, 2.05) is 6.92 Å². The highest BCUT2D eigenvalue weighted by atomic mass is 32.1. The van der Waals surface area contributed by atoms with Crippen LogP contribution >= 0.6 is 12.6 Å². The summed E-state index contributed by atoms with van der Waals surface area (Å²) in [6, 6.07) is 0. The largest absolute Gasteiger partial charge is 0.481 e. The molecule has 0 aromatic rings. The molecular formula is C26H40O4S. The molecule has 1 N–H and O–H groups in total. The SMILES string of the molecule is CC(C(=O)O)C(C)(S)CCC1CCC2C3C(=O)CC4CC(=O)CCC4(C)C3CCC12C. The van der Waals surface area contributed by atoms with Crippen molar-refractivity contribution in [2.45, 2.75) is 96.7 Å².